The monoisotopic (exact) mass is 337 g/mol. The Bertz CT molecular complexity index is 477. The van der Waals surface area contributed by atoms with Crippen molar-refractivity contribution in [2.24, 2.45) is 10.9 Å². The second-order valence-corrected chi connectivity index (χ2v) is 7.39. The Hall–Kier alpha value is -1.14. The molecule has 0 saturated carbocycles. The zero-order valence-corrected chi connectivity index (χ0v) is 15.6. The van der Waals surface area contributed by atoms with Gasteiger partial charge in [0.05, 0.1) is 10.7 Å². The van der Waals surface area contributed by atoms with Gasteiger partial charge in [-0.15, -0.1) is 11.3 Å². The number of nitrogens with one attached hydrogen (secondary N) is 2. The molecule has 1 fully saturated rings. The lowest BCUT2D eigenvalue weighted by Crippen LogP contribution is -2.38. The van der Waals surface area contributed by atoms with E-state index in [2.05, 4.69) is 46.8 Å². The van der Waals surface area contributed by atoms with Gasteiger partial charge in [0.15, 0.2) is 5.96 Å². The second-order valence-electron chi connectivity index (χ2n) is 6.33. The molecule has 2 N–H and O–H groups in total. The van der Waals surface area contributed by atoms with E-state index < -0.39 is 0 Å². The van der Waals surface area contributed by atoms with Crippen molar-refractivity contribution in [1.29, 1.82) is 0 Å². The molecule has 0 spiro atoms. The van der Waals surface area contributed by atoms with Gasteiger partial charge >= 0.3 is 0 Å². The average Bonchev–Trinajstić information content (AvgIpc) is 2.95. The van der Waals surface area contributed by atoms with Crippen molar-refractivity contribution >= 4 is 17.3 Å². The highest BCUT2D eigenvalue weighted by atomic mass is 32.1. The summed E-state index contributed by atoms with van der Waals surface area (Å²) < 4.78 is 0. The summed E-state index contributed by atoms with van der Waals surface area (Å²) in [4.78, 5) is 11.6. The van der Waals surface area contributed by atoms with E-state index in [4.69, 9.17) is 4.99 Å². The van der Waals surface area contributed by atoms with Gasteiger partial charge in [-0.3, -0.25) is 4.99 Å². The molecule has 0 aliphatic carbocycles. The van der Waals surface area contributed by atoms with Gasteiger partial charge in [0, 0.05) is 31.4 Å². The van der Waals surface area contributed by atoms with E-state index in [1.165, 1.54) is 38.0 Å². The van der Waals surface area contributed by atoms with Gasteiger partial charge < -0.3 is 15.5 Å². The summed E-state index contributed by atoms with van der Waals surface area (Å²) >= 11 is 1.72. The quantitative estimate of drug-likeness (QED) is 0.592. The summed E-state index contributed by atoms with van der Waals surface area (Å²) in [7, 11) is 2.21. The Morgan fingerprint density at radius 2 is 2.17 bits per heavy atom. The van der Waals surface area contributed by atoms with Crippen LogP contribution in [-0.4, -0.2) is 55.6 Å². The number of thiazole rings is 1. The third-order valence-corrected chi connectivity index (χ3v) is 5.15. The predicted molar refractivity (Wildman–Crippen MR) is 99.4 cm³/mol. The molecule has 0 aromatic carbocycles. The Morgan fingerprint density at radius 3 is 2.83 bits per heavy atom. The van der Waals surface area contributed by atoms with Gasteiger partial charge in [-0.2, -0.15) is 0 Å². The molecule has 1 aromatic heterocycles. The molecule has 130 valence electrons. The van der Waals surface area contributed by atoms with Crippen molar-refractivity contribution in [1.82, 2.24) is 20.5 Å². The predicted octanol–water partition coefficient (Wildman–Crippen LogP) is 2.28. The molecule has 6 heteroatoms. The lowest BCUT2D eigenvalue weighted by Gasteiger charge is -2.28. The van der Waals surface area contributed by atoms with E-state index in [1.54, 1.807) is 11.3 Å². The fourth-order valence-electron chi connectivity index (χ4n) is 2.88. The molecule has 0 radical (unpaired) electrons. The summed E-state index contributed by atoms with van der Waals surface area (Å²) in [5.74, 6) is 1.78. The molecule has 0 unspecified atom stereocenters. The highest BCUT2D eigenvalue weighted by Crippen LogP contribution is 2.19. The number of aliphatic imine (C=N–C) groups is 1. The number of guanidine groups is 1. The SMILES string of the molecule is CCNC(=NCCC1CCN(C)CC1)NCCc1csc(C)n1. The number of likely N-dealkylation sites (tertiary alicyclic amines) is 1. The third kappa shape index (κ3) is 6.87. The maximum Gasteiger partial charge on any atom is 0.191 e. The molecule has 1 aliphatic heterocycles. The highest BCUT2D eigenvalue weighted by molar-refractivity contribution is 7.09. The number of rotatable bonds is 7. The molecule has 23 heavy (non-hydrogen) atoms. The fraction of sp³-hybridized carbons (Fsp3) is 0.765. The van der Waals surface area contributed by atoms with Crippen molar-refractivity contribution in [2.75, 3.05) is 39.8 Å². The normalized spacial score (nSPS) is 17.4. The highest BCUT2D eigenvalue weighted by Gasteiger charge is 2.15. The number of nitrogens with zero attached hydrogens (tertiary/aromatic N) is 3. The third-order valence-electron chi connectivity index (χ3n) is 4.33. The molecule has 5 nitrogen and oxygen atoms in total. The Kier molecular flexibility index (Phi) is 7.82. The number of aromatic nitrogens is 1. The van der Waals surface area contributed by atoms with Crippen LogP contribution in [0.1, 0.15) is 36.9 Å². The van der Waals surface area contributed by atoms with Crippen molar-refractivity contribution < 1.29 is 0 Å². The first-order valence-corrected chi connectivity index (χ1v) is 9.67. The number of aryl methyl sites for hydroxylation is 1. The van der Waals surface area contributed by atoms with E-state index in [1.807, 2.05) is 0 Å². The van der Waals surface area contributed by atoms with E-state index in [0.29, 0.717) is 0 Å². The van der Waals surface area contributed by atoms with Crippen molar-refractivity contribution in [3.8, 4) is 0 Å². The molecular formula is C17H31N5S. The summed E-state index contributed by atoms with van der Waals surface area (Å²) in [5, 5.41) is 10.0. The first-order valence-electron chi connectivity index (χ1n) is 8.79. The van der Waals surface area contributed by atoms with Crippen molar-refractivity contribution in [3.05, 3.63) is 16.1 Å². The Labute approximate surface area is 144 Å². The van der Waals surface area contributed by atoms with E-state index in [-0.39, 0.29) is 0 Å². The topological polar surface area (TPSA) is 52.6 Å². The van der Waals surface area contributed by atoms with E-state index in [9.17, 15) is 0 Å². The molecule has 0 atom stereocenters. The van der Waals surface area contributed by atoms with Crippen LogP contribution in [0.25, 0.3) is 0 Å². The van der Waals surface area contributed by atoms with Crippen LogP contribution in [0.15, 0.2) is 10.4 Å². The number of hydrogen-bond acceptors (Lipinski definition) is 4. The van der Waals surface area contributed by atoms with Crippen LogP contribution in [0.4, 0.5) is 0 Å². The number of piperidine rings is 1. The molecular weight excluding hydrogens is 306 g/mol. The second kappa shape index (κ2) is 9.88. The molecule has 1 saturated heterocycles. The van der Waals surface area contributed by atoms with Crippen LogP contribution < -0.4 is 10.6 Å². The van der Waals surface area contributed by atoms with Gasteiger partial charge in [-0.05, 0) is 59.2 Å². The summed E-state index contributed by atoms with van der Waals surface area (Å²) in [6.07, 6.45) is 4.79. The Balaban J connectivity index is 1.69. The molecule has 0 bridgehead atoms. The summed E-state index contributed by atoms with van der Waals surface area (Å²) in [6, 6.07) is 0. The first-order chi connectivity index (χ1) is 11.2. The zero-order chi connectivity index (χ0) is 16.5. The van der Waals surface area contributed by atoms with Crippen LogP contribution in [-0.2, 0) is 6.42 Å². The van der Waals surface area contributed by atoms with Crippen molar-refractivity contribution in [2.45, 2.75) is 39.5 Å². The average molecular weight is 338 g/mol. The van der Waals surface area contributed by atoms with Crippen LogP contribution in [0, 0.1) is 12.8 Å². The van der Waals surface area contributed by atoms with Gasteiger partial charge in [0.25, 0.3) is 0 Å². The molecule has 2 heterocycles. The fourth-order valence-corrected chi connectivity index (χ4v) is 3.53. The molecule has 1 aromatic rings. The maximum absolute atomic E-state index is 4.73. The van der Waals surface area contributed by atoms with Gasteiger partial charge in [-0.1, -0.05) is 0 Å². The van der Waals surface area contributed by atoms with Crippen LogP contribution in [0.5, 0.6) is 0 Å². The Morgan fingerprint density at radius 1 is 1.39 bits per heavy atom. The first kappa shape index (κ1) is 18.2. The number of hydrogen-bond donors (Lipinski definition) is 2. The van der Waals surface area contributed by atoms with Gasteiger partial charge in [0.1, 0.15) is 0 Å². The lowest BCUT2D eigenvalue weighted by molar-refractivity contribution is 0.214. The zero-order valence-electron chi connectivity index (χ0n) is 14.8. The summed E-state index contributed by atoms with van der Waals surface area (Å²) in [5.41, 5.74) is 1.17. The molecule has 0 amide bonds. The minimum atomic E-state index is 0.843. The summed E-state index contributed by atoms with van der Waals surface area (Å²) in [6.45, 7) is 9.33. The molecule has 1 aliphatic rings. The smallest absolute Gasteiger partial charge is 0.191 e. The lowest BCUT2D eigenvalue weighted by atomic mass is 9.94. The standard InChI is InChI=1S/C17H31N5S/c1-4-18-17(20-10-6-16-13-23-14(2)21-16)19-9-5-15-7-11-22(3)12-8-15/h13,15H,4-12H2,1-3H3,(H2,18,19,20). The van der Waals surface area contributed by atoms with Crippen LogP contribution in [0.3, 0.4) is 0 Å². The minimum absolute atomic E-state index is 0.843. The minimum Gasteiger partial charge on any atom is -0.357 e. The van der Waals surface area contributed by atoms with E-state index in [0.717, 1.165) is 42.9 Å². The van der Waals surface area contributed by atoms with Gasteiger partial charge in [-0.25, -0.2) is 4.98 Å². The molecule has 2 rings (SSSR count). The van der Waals surface area contributed by atoms with Crippen LogP contribution in [0.2, 0.25) is 0 Å². The maximum atomic E-state index is 4.73. The van der Waals surface area contributed by atoms with Gasteiger partial charge in [0.2, 0.25) is 0 Å². The van der Waals surface area contributed by atoms with Crippen LogP contribution >= 0.6 is 11.3 Å². The largest absolute Gasteiger partial charge is 0.357 e. The van der Waals surface area contributed by atoms with E-state index >= 15 is 0 Å². The van der Waals surface area contributed by atoms with Crippen molar-refractivity contribution in [3.63, 3.8) is 0 Å².